The van der Waals surface area contributed by atoms with Crippen LogP contribution in [0.4, 0.5) is 0 Å². The van der Waals surface area contributed by atoms with E-state index in [1.807, 2.05) is 6.07 Å². The van der Waals surface area contributed by atoms with Gasteiger partial charge in [0.15, 0.2) is 11.5 Å². The molecule has 0 N–H and O–H groups in total. The zero-order valence-electron chi connectivity index (χ0n) is 14.4. The number of hydrogen-bond donors (Lipinski definition) is 0. The summed E-state index contributed by atoms with van der Waals surface area (Å²) in [6, 6.07) is 7.02. The van der Waals surface area contributed by atoms with Crippen LogP contribution in [0.15, 0.2) is 53.6 Å². The molecule has 27 heavy (non-hydrogen) atoms. The second-order valence-electron chi connectivity index (χ2n) is 6.26. The van der Waals surface area contributed by atoms with Gasteiger partial charge in [-0.1, -0.05) is 16.8 Å². The van der Waals surface area contributed by atoms with Gasteiger partial charge in [0.2, 0.25) is 0 Å². The first-order valence-electron chi connectivity index (χ1n) is 8.63. The highest BCUT2D eigenvalue weighted by Crippen LogP contribution is 2.26. The molecule has 3 aromatic heterocycles. The SMILES string of the molecule is O=C(c1cc(-c2cccnc2)on1)N1CCCC(Oc2ccncc2Cl)C1. The van der Waals surface area contributed by atoms with Crippen molar-refractivity contribution in [2.24, 2.45) is 0 Å². The van der Waals surface area contributed by atoms with E-state index < -0.39 is 0 Å². The highest BCUT2D eigenvalue weighted by molar-refractivity contribution is 6.31. The molecule has 3 aromatic rings. The minimum absolute atomic E-state index is 0.132. The monoisotopic (exact) mass is 384 g/mol. The number of nitrogens with zero attached hydrogens (tertiary/aromatic N) is 4. The summed E-state index contributed by atoms with van der Waals surface area (Å²) in [5.74, 6) is 0.911. The summed E-state index contributed by atoms with van der Waals surface area (Å²) in [5.41, 5.74) is 1.05. The van der Waals surface area contributed by atoms with Gasteiger partial charge >= 0.3 is 0 Å². The van der Waals surface area contributed by atoms with Crippen LogP contribution in [0, 0.1) is 0 Å². The Morgan fingerprint density at radius 1 is 1.26 bits per heavy atom. The number of hydrogen-bond acceptors (Lipinski definition) is 6. The normalized spacial score (nSPS) is 16.9. The Morgan fingerprint density at radius 3 is 2.96 bits per heavy atom. The second-order valence-corrected chi connectivity index (χ2v) is 6.66. The van der Waals surface area contributed by atoms with Crippen molar-refractivity contribution in [2.45, 2.75) is 18.9 Å². The summed E-state index contributed by atoms with van der Waals surface area (Å²) < 4.78 is 11.3. The molecule has 1 aliphatic rings. The van der Waals surface area contributed by atoms with E-state index in [0.29, 0.717) is 29.6 Å². The van der Waals surface area contributed by atoms with Crippen LogP contribution in [0.2, 0.25) is 5.02 Å². The van der Waals surface area contributed by atoms with Crippen molar-refractivity contribution in [1.29, 1.82) is 0 Å². The van der Waals surface area contributed by atoms with E-state index in [0.717, 1.165) is 18.4 Å². The van der Waals surface area contributed by atoms with Gasteiger partial charge in [-0.15, -0.1) is 0 Å². The molecule has 138 valence electrons. The molecular weight excluding hydrogens is 368 g/mol. The number of rotatable bonds is 4. The van der Waals surface area contributed by atoms with Crippen molar-refractivity contribution in [3.63, 3.8) is 0 Å². The third-order valence-corrected chi connectivity index (χ3v) is 4.65. The van der Waals surface area contributed by atoms with Crippen molar-refractivity contribution < 1.29 is 14.1 Å². The lowest BCUT2D eigenvalue weighted by Crippen LogP contribution is -2.44. The molecule has 0 radical (unpaired) electrons. The molecule has 4 heterocycles. The van der Waals surface area contributed by atoms with E-state index in [2.05, 4.69) is 15.1 Å². The summed E-state index contributed by atoms with van der Waals surface area (Å²) in [5, 5.41) is 4.38. The van der Waals surface area contributed by atoms with Gasteiger partial charge in [-0.3, -0.25) is 14.8 Å². The lowest BCUT2D eigenvalue weighted by atomic mass is 10.1. The van der Waals surface area contributed by atoms with Crippen LogP contribution in [0.5, 0.6) is 5.75 Å². The fourth-order valence-corrected chi connectivity index (χ4v) is 3.20. The standard InChI is InChI=1S/C19H17ClN4O3/c20-15-11-22-7-5-17(15)26-14-4-2-8-24(12-14)19(25)16-9-18(27-23-16)13-3-1-6-21-10-13/h1,3,5-7,9-11,14H,2,4,8,12H2. The molecule has 8 heteroatoms. The summed E-state index contributed by atoms with van der Waals surface area (Å²) >= 11 is 6.10. The van der Waals surface area contributed by atoms with Gasteiger partial charge < -0.3 is 14.2 Å². The molecule has 1 aliphatic heterocycles. The van der Waals surface area contributed by atoms with Crippen molar-refractivity contribution >= 4 is 17.5 Å². The van der Waals surface area contributed by atoms with Crippen molar-refractivity contribution in [1.82, 2.24) is 20.0 Å². The van der Waals surface area contributed by atoms with Gasteiger partial charge in [0, 0.05) is 49.0 Å². The van der Waals surface area contributed by atoms with Crippen LogP contribution in [-0.4, -0.2) is 45.1 Å². The number of amides is 1. The number of likely N-dealkylation sites (tertiary alicyclic amines) is 1. The fraction of sp³-hybridized carbons (Fsp3) is 0.263. The summed E-state index contributed by atoms with van der Waals surface area (Å²) in [7, 11) is 0. The second kappa shape index (κ2) is 7.75. The molecule has 4 rings (SSSR count). The fourth-order valence-electron chi connectivity index (χ4n) is 3.04. The third-order valence-electron chi connectivity index (χ3n) is 4.37. The van der Waals surface area contributed by atoms with E-state index in [-0.39, 0.29) is 17.7 Å². The Balaban J connectivity index is 1.44. The van der Waals surface area contributed by atoms with Crippen LogP contribution in [0.1, 0.15) is 23.3 Å². The highest BCUT2D eigenvalue weighted by atomic mass is 35.5. The quantitative estimate of drug-likeness (QED) is 0.685. The molecule has 1 atom stereocenters. The third kappa shape index (κ3) is 3.93. The number of carbonyl (C=O) groups excluding carboxylic acids is 1. The smallest absolute Gasteiger partial charge is 0.276 e. The predicted octanol–water partition coefficient (Wildman–Crippen LogP) is 3.47. The average molecular weight is 385 g/mol. The van der Waals surface area contributed by atoms with Crippen molar-refractivity contribution in [2.75, 3.05) is 13.1 Å². The average Bonchev–Trinajstić information content (AvgIpc) is 3.20. The first-order chi connectivity index (χ1) is 13.2. The first kappa shape index (κ1) is 17.5. The van der Waals surface area contributed by atoms with Crippen LogP contribution >= 0.6 is 11.6 Å². The minimum atomic E-state index is -0.178. The molecule has 0 bridgehead atoms. The van der Waals surface area contributed by atoms with E-state index >= 15 is 0 Å². The Morgan fingerprint density at radius 2 is 2.15 bits per heavy atom. The molecule has 1 amide bonds. The molecule has 0 spiro atoms. The Labute approximate surface area is 160 Å². The molecule has 0 saturated carbocycles. The Hall–Kier alpha value is -2.93. The number of piperidine rings is 1. The number of aromatic nitrogens is 3. The molecule has 0 aromatic carbocycles. The number of halogens is 1. The number of pyridine rings is 2. The van der Waals surface area contributed by atoms with E-state index in [9.17, 15) is 4.79 Å². The molecular formula is C19H17ClN4O3. The van der Waals surface area contributed by atoms with Gasteiger partial charge in [-0.05, 0) is 25.0 Å². The lowest BCUT2D eigenvalue weighted by Gasteiger charge is -2.32. The first-order valence-corrected chi connectivity index (χ1v) is 9.01. The van der Waals surface area contributed by atoms with E-state index in [1.54, 1.807) is 41.7 Å². The molecule has 1 unspecified atom stereocenters. The van der Waals surface area contributed by atoms with Crippen molar-refractivity contribution in [3.8, 4) is 17.1 Å². The van der Waals surface area contributed by atoms with Gasteiger partial charge in [0.05, 0.1) is 6.54 Å². The van der Waals surface area contributed by atoms with E-state index in [1.165, 1.54) is 6.20 Å². The molecule has 1 fully saturated rings. The minimum Gasteiger partial charge on any atom is -0.487 e. The van der Waals surface area contributed by atoms with Crippen LogP contribution in [-0.2, 0) is 0 Å². The zero-order chi connectivity index (χ0) is 18.6. The maximum Gasteiger partial charge on any atom is 0.276 e. The number of ether oxygens (including phenoxy) is 1. The van der Waals surface area contributed by atoms with Gasteiger partial charge in [0.1, 0.15) is 16.9 Å². The van der Waals surface area contributed by atoms with Gasteiger partial charge in [-0.25, -0.2) is 0 Å². The number of carbonyl (C=O) groups is 1. The van der Waals surface area contributed by atoms with Crippen molar-refractivity contribution in [3.05, 3.63) is 59.8 Å². The lowest BCUT2D eigenvalue weighted by molar-refractivity contribution is 0.0529. The highest BCUT2D eigenvalue weighted by Gasteiger charge is 2.28. The van der Waals surface area contributed by atoms with Gasteiger partial charge in [0.25, 0.3) is 5.91 Å². The zero-order valence-corrected chi connectivity index (χ0v) is 15.2. The Kier molecular flexibility index (Phi) is 5.02. The summed E-state index contributed by atoms with van der Waals surface area (Å²) in [6.45, 7) is 1.12. The topological polar surface area (TPSA) is 81.4 Å². The van der Waals surface area contributed by atoms with Crippen LogP contribution in [0.3, 0.4) is 0 Å². The molecule has 1 saturated heterocycles. The van der Waals surface area contributed by atoms with Crippen LogP contribution in [0.25, 0.3) is 11.3 Å². The largest absolute Gasteiger partial charge is 0.487 e. The summed E-state index contributed by atoms with van der Waals surface area (Å²) in [4.78, 5) is 22.5. The van der Waals surface area contributed by atoms with E-state index in [4.69, 9.17) is 20.9 Å². The van der Waals surface area contributed by atoms with Gasteiger partial charge in [-0.2, -0.15) is 0 Å². The van der Waals surface area contributed by atoms with Crippen LogP contribution < -0.4 is 4.74 Å². The Bertz CT molecular complexity index is 931. The molecule has 0 aliphatic carbocycles. The summed E-state index contributed by atoms with van der Waals surface area (Å²) in [6.07, 6.45) is 8.06. The maximum atomic E-state index is 12.8. The molecule has 7 nitrogen and oxygen atoms in total. The maximum absolute atomic E-state index is 12.8. The predicted molar refractivity (Wildman–Crippen MR) is 98.5 cm³/mol.